The van der Waals surface area contributed by atoms with Crippen LogP contribution < -0.4 is 15.9 Å². The third-order valence-corrected chi connectivity index (χ3v) is 8.42. The Hall–Kier alpha value is -4.07. The van der Waals surface area contributed by atoms with Gasteiger partial charge in [-0.05, 0) is 89.1 Å². The lowest BCUT2D eigenvalue weighted by molar-refractivity contribution is 0.00807. The van der Waals surface area contributed by atoms with Crippen LogP contribution in [0.15, 0.2) is 54.7 Å². The number of ether oxygens (including phenoxy) is 1. The van der Waals surface area contributed by atoms with Crippen LogP contribution in [0.25, 0.3) is 18.0 Å². The smallest absolute Gasteiger partial charge is 0.410 e. The maximum Gasteiger partial charge on any atom is 0.410 e. The molecular weight excluding hydrogens is 543 g/mol. The number of benzene rings is 2. The quantitative estimate of drug-likeness (QED) is 0.444. The van der Waals surface area contributed by atoms with Crippen molar-refractivity contribution in [2.24, 2.45) is 0 Å². The second kappa shape index (κ2) is 12.3. The van der Waals surface area contributed by atoms with Gasteiger partial charge in [-0.1, -0.05) is 36.4 Å². The molecule has 2 unspecified atom stereocenters. The van der Waals surface area contributed by atoms with Crippen LogP contribution in [0.1, 0.15) is 74.9 Å². The Labute approximate surface area is 253 Å². The van der Waals surface area contributed by atoms with Crippen LogP contribution in [0.4, 0.5) is 9.18 Å². The van der Waals surface area contributed by atoms with Gasteiger partial charge in [0.05, 0.1) is 16.6 Å². The van der Waals surface area contributed by atoms with Gasteiger partial charge >= 0.3 is 6.09 Å². The molecule has 43 heavy (non-hydrogen) atoms. The number of piperidine rings is 1. The average molecular weight is 587 g/mol. The third-order valence-electron chi connectivity index (χ3n) is 8.42. The van der Waals surface area contributed by atoms with Crippen molar-refractivity contribution in [1.29, 1.82) is 0 Å². The highest BCUT2D eigenvalue weighted by atomic mass is 19.1. The maximum atomic E-state index is 14.5. The van der Waals surface area contributed by atoms with Gasteiger partial charge in [0.1, 0.15) is 11.4 Å². The molecule has 1 saturated heterocycles. The number of nitrogens with zero attached hydrogens (tertiary/aromatic N) is 3. The van der Waals surface area contributed by atoms with Crippen molar-refractivity contribution in [3.63, 3.8) is 0 Å². The van der Waals surface area contributed by atoms with Gasteiger partial charge in [0.2, 0.25) is 0 Å². The number of hydrogen-bond donors (Lipinski definition) is 1. The van der Waals surface area contributed by atoms with Crippen molar-refractivity contribution in [3.8, 4) is 5.69 Å². The van der Waals surface area contributed by atoms with E-state index in [1.807, 2.05) is 68.5 Å². The van der Waals surface area contributed by atoms with Crippen molar-refractivity contribution in [2.75, 3.05) is 20.1 Å². The molecule has 0 bridgehead atoms. The predicted octanol–water partition coefficient (Wildman–Crippen LogP) is 4.94. The molecule has 3 heterocycles. The van der Waals surface area contributed by atoms with E-state index in [9.17, 15) is 14.0 Å². The number of halogens is 1. The summed E-state index contributed by atoms with van der Waals surface area (Å²) in [5.41, 5.74) is 2.74. The molecule has 1 fully saturated rings. The Bertz CT molecular complexity index is 1610. The molecule has 2 aromatic carbocycles. The molecule has 0 saturated carbocycles. The Kier molecular flexibility index (Phi) is 8.67. The van der Waals surface area contributed by atoms with Gasteiger partial charge < -0.3 is 24.4 Å². The maximum absolute atomic E-state index is 14.5. The van der Waals surface area contributed by atoms with Crippen molar-refractivity contribution in [1.82, 2.24) is 19.7 Å². The molecule has 2 amide bonds. The molecule has 7 nitrogen and oxygen atoms in total. The highest BCUT2D eigenvalue weighted by Gasteiger charge is 2.36. The summed E-state index contributed by atoms with van der Waals surface area (Å²) < 4.78 is 22.3. The topological polar surface area (TPSA) is 66.8 Å². The molecule has 5 rings (SSSR count). The molecule has 228 valence electrons. The molecule has 2 aliphatic heterocycles. The van der Waals surface area contributed by atoms with Gasteiger partial charge in [0, 0.05) is 49.8 Å². The van der Waals surface area contributed by atoms with Gasteiger partial charge in [-0.25, -0.2) is 9.18 Å². The Morgan fingerprint density at radius 1 is 1.14 bits per heavy atom. The van der Waals surface area contributed by atoms with Crippen LogP contribution in [-0.2, 0) is 11.2 Å². The summed E-state index contributed by atoms with van der Waals surface area (Å²) in [7, 11) is 1.74. The molecule has 3 aromatic rings. The first-order valence-electron chi connectivity index (χ1n) is 15.2. The van der Waals surface area contributed by atoms with E-state index < -0.39 is 11.4 Å². The van der Waals surface area contributed by atoms with Gasteiger partial charge in [0.25, 0.3) is 5.91 Å². The minimum Gasteiger partial charge on any atom is -0.444 e. The normalized spacial score (nSPS) is 18.3. The van der Waals surface area contributed by atoms with E-state index in [4.69, 9.17) is 4.74 Å². The van der Waals surface area contributed by atoms with Crippen LogP contribution in [0.5, 0.6) is 0 Å². The molecule has 0 aliphatic carbocycles. The SMILES string of the molecule is CC(C)N(C)C(=O)c1cc(F)ccc1-n1cc(C2CCN(C(=O)OC(C)(C)C)C(Cc3ccccc3)C2)c2c1=CNCC=2. The molecule has 0 radical (unpaired) electrons. The Morgan fingerprint density at radius 2 is 1.88 bits per heavy atom. The molecule has 1 aromatic heterocycles. The van der Waals surface area contributed by atoms with E-state index in [2.05, 4.69) is 29.7 Å². The number of amides is 2. The highest BCUT2D eigenvalue weighted by molar-refractivity contribution is 5.98. The summed E-state index contributed by atoms with van der Waals surface area (Å²) in [5, 5.41) is 5.37. The monoisotopic (exact) mass is 586 g/mol. The van der Waals surface area contributed by atoms with Crippen molar-refractivity contribution in [3.05, 3.63) is 87.8 Å². The predicted molar refractivity (Wildman–Crippen MR) is 168 cm³/mol. The zero-order valence-electron chi connectivity index (χ0n) is 26.1. The van der Waals surface area contributed by atoms with E-state index in [1.54, 1.807) is 18.0 Å². The first-order chi connectivity index (χ1) is 20.4. The first kappa shape index (κ1) is 30.4. The molecule has 2 atom stereocenters. The van der Waals surface area contributed by atoms with Crippen LogP contribution >= 0.6 is 0 Å². The molecule has 2 aliphatic rings. The Balaban J connectivity index is 1.54. The van der Waals surface area contributed by atoms with Crippen LogP contribution in [-0.4, -0.2) is 64.2 Å². The number of rotatable bonds is 6. The standard InChI is InChI=1S/C35H43FN4O3/c1-23(2)38(6)33(41)29-20-26(36)12-13-31(29)40-22-30(28-14-16-37-21-32(28)40)25-15-17-39(34(42)43-35(3,4)5)27(19-25)18-24-10-8-7-9-11-24/h7-14,20-23,25,27,37H,15-19H2,1-6H3. The van der Waals surface area contributed by atoms with Gasteiger partial charge in [0.15, 0.2) is 0 Å². The summed E-state index contributed by atoms with van der Waals surface area (Å²) in [6.07, 6.45) is 8.27. The second-order valence-electron chi connectivity index (χ2n) is 12.9. The number of carbonyl (C=O) groups excluding carboxylic acids is 2. The zero-order chi connectivity index (χ0) is 30.9. The number of nitrogens with one attached hydrogen (secondary N) is 1. The fourth-order valence-corrected chi connectivity index (χ4v) is 6.05. The summed E-state index contributed by atoms with van der Waals surface area (Å²) in [5.74, 6) is -0.490. The van der Waals surface area contributed by atoms with E-state index in [1.165, 1.54) is 23.3 Å². The van der Waals surface area contributed by atoms with Crippen molar-refractivity contribution < 1.29 is 18.7 Å². The number of hydrogen-bond acceptors (Lipinski definition) is 4. The van der Waals surface area contributed by atoms with E-state index in [0.29, 0.717) is 24.3 Å². The van der Waals surface area contributed by atoms with E-state index in [0.717, 1.165) is 29.8 Å². The highest BCUT2D eigenvalue weighted by Crippen LogP contribution is 2.33. The summed E-state index contributed by atoms with van der Waals surface area (Å²) in [6, 6.07) is 14.6. The molecule has 1 N–H and O–H groups in total. The zero-order valence-corrected chi connectivity index (χ0v) is 26.1. The minimum absolute atomic E-state index is 0.0315. The van der Waals surface area contributed by atoms with Gasteiger partial charge in [-0.3, -0.25) is 4.79 Å². The first-order valence-corrected chi connectivity index (χ1v) is 15.2. The van der Waals surface area contributed by atoms with Gasteiger partial charge in [-0.2, -0.15) is 0 Å². The van der Waals surface area contributed by atoms with Crippen molar-refractivity contribution >= 4 is 24.3 Å². The molecule has 0 spiro atoms. The fraction of sp³-hybridized carbons (Fsp3) is 0.429. The summed E-state index contributed by atoms with van der Waals surface area (Å²) in [6.45, 7) is 10.8. The van der Waals surface area contributed by atoms with Crippen LogP contribution in [0.3, 0.4) is 0 Å². The largest absolute Gasteiger partial charge is 0.444 e. The minimum atomic E-state index is -0.576. The lowest BCUT2D eigenvalue weighted by Crippen LogP contribution is -2.49. The number of aromatic nitrogens is 1. The molecule has 8 heteroatoms. The van der Waals surface area contributed by atoms with Crippen LogP contribution in [0, 0.1) is 5.82 Å². The van der Waals surface area contributed by atoms with E-state index >= 15 is 0 Å². The fourth-order valence-electron chi connectivity index (χ4n) is 6.05. The molecular formula is C35H43FN4O3. The van der Waals surface area contributed by atoms with Crippen molar-refractivity contribution in [2.45, 2.75) is 77.5 Å². The number of fused-ring (bicyclic) bond motifs is 1. The lowest BCUT2D eigenvalue weighted by Gasteiger charge is -2.40. The summed E-state index contributed by atoms with van der Waals surface area (Å²) >= 11 is 0. The number of carbonyl (C=O) groups is 2. The lowest BCUT2D eigenvalue weighted by atomic mass is 9.83. The average Bonchev–Trinajstić information content (AvgIpc) is 3.35. The van der Waals surface area contributed by atoms with E-state index in [-0.39, 0.29) is 30.0 Å². The number of likely N-dealkylation sites (tertiary alicyclic amines) is 1. The van der Waals surface area contributed by atoms with Crippen LogP contribution in [0.2, 0.25) is 0 Å². The third kappa shape index (κ3) is 6.63. The Morgan fingerprint density at radius 3 is 2.58 bits per heavy atom. The second-order valence-corrected chi connectivity index (χ2v) is 12.9. The summed E-state index contributed by atoms with van der Waals surface area (Å²) in [4.78, 5) is 30.3. The van der Waals surface area contributed by atoms with Gasteiger partial charge in [-0.15, -0.1) is 0 Å².